The summed E-state index contributed by atoms with van der Waals surface area (Å²) in [5.74, 6) is 0.259. The molecule has 0 saturated carbocycles. The zero-order valence-electron chi connectivity index (χ0n) is 15.1. The fraction of sp³-hybridized carbons (Fsp3) is 0.941. The molecule has 3 fully saturated rings. The van der Waals surface area contributed by atoms with Gasteiger partial charge < -0.3 is 14.4 Å². The van der Waals surface area contributed by atoms with Gasteiger partial charge in [0.15, 0.2) is 6.29 Å². The van der Waals surface area contributed by atoms with Crippen molar-refractivity contribution in [1.29, 1.82) is 0 Å². The minimum atomic E-state index is -3.36. The number of likely N-dealkylation sites (tertiary alicyclic amines) is 1. The number of carbonyl (C=O) groups excluding carboxylic acids is 1. The fourth-order valence-electron chi connectivity index (χ4n) is 4.15. The smallest absolute Gasteiger partial charge is 0.241 e. The second-order valence-corrected chi connectivity index (χ2v) is 9.28. The standard InChI is InChI=1S/C17H30N2O5S/c1-2-12-25(21,22)19-9-4-3-7-15(19)16(20)18-8-5-6-14(13-18)17-23-10-11-24-17/h14-15,17H,2-13H2,1H3. The summed E-state index contributed by atoms with van der Waals surface area (Å²) in [6, 6.07) is -0.533. The Hall–Kier alpha value is -0.700. The predicted octanol–water partition coefficient (Wildman–Crippen LogP) is 1.19. The first-order valence-corrected chi connectivity index (χ1v) is 11.2. The van der Waals surface area contributed by atoms with E-state index < -0.39 is 16.1 Å². The molecule has 0 N–H and O–H groups in total. The Morgan fingerprint density at radius 2 is 1.84 bits per heavy atom. The molecule has 0 spiro atoms. The molecule has 3 aliphatic rings. The molecule has 0 bridgehead atoms. The van der Waals surface area contributed by atoms with Gasteiger partial charge in [-0.25, -0.2) is 8.42 Å². The number of amides is 1. The number of piperidine rings is 2. The lowest BCUT2D eigenvalue weighted by molar-refractivity contribution is -0.143. The second kappa shape index (κ2) is 8.33. The highest BCUT2D eigenvalue weighted by Crippen LogP contribution is 2.28. The molecule has 0 aromatic rings. The van der Waals surface area contributed by atoms with Gasteiger partial charge in [-0.3, -0.25) is 4.79 Å². The number of carbonyl (C=O) groups is 1. The molecule has 144 valence electrons. The quantitative estimate of drug-likeness (QED) is 0.723. The van der Waals surface area contributed by atoms with Crippen molar-refractivity contribution >= 4 is 15.9 Å². The molecule has 8 heteroatoms. The Bertz CT molecular complexity index is 561. The third kappa shape index (κ3) is 4.35. The third-order valence-electron chi connectivity index (χ3n) is 5.36. The molecule has 3 saturated heterocycles. The molecule has 0 radical (unpaired) electrons. The summed E-state index contributed by atoms with van der Waals surface area (Å²) in [6.07, 6.45) is 4.60. The van der Waals surface area contributed by atoms with Gasteiger partial charge in [0.2, 0.25) is 15.9 Å². The molecule has 1 amide bonds. The van der Waals surface area contributed by atoms with Gasteiger partial charge in [-0.2, -0.15) is 4.31 Å². The summed E-state index contributed by atoms with van der Waals surface area (Å²) in [7, 11) is -3.36. The van der Waals surface area contributed by atoms with Crippen LogP contribution < -0.4 is 0 Å². The molecule has 7 nitrogen and oxygen atoms in total. The van der Waals surface area contributed by atoms with E-state index in [2.05, 4.69) is 0 Å². The van der Waals surface area contributed by atoms with Crippen LogP contribution in [0.5, 0.6) is 0 Å². The molecular weight excluding hydrogens is 344 g/mol. The van der Waals surface area contributed by atoms with E-state index in [4.69, 9.17) is 9.47 Å². The predicted molar refractivity (Wildman–Crippen MR) is 93.4 cm³/mol. The van der Waals surface area contributed by atoms with Crippen molar-refractivity contribution in [2.24, 2.45) is 5.92 Å². The number of sulfonamides is 1. The summed E-state index contributed by atoms with van der Waals surface area (Å²) in [6.45, 7) is 4.84. The van der Waals surface area contributed by atoms with Crippen molar-refractivity contribution in [1.82, 2.24) is 9.21 Å². The minimum Gasteiger partial charge on any atom is -0.350 e. The van der Waals surface area contributed by atoms with Crippen molar-refractivity contribution in [2.45, 2.75) is 57.8 Å². The van der Waals surface area contributed by atoms with E-state index in [1.54, 1.807) is 0 Å². The Kier molecular flexibility index (Phi) is 6.35. The molecular formula is C17H30N2O5S. The first-order chi connectivity index (χ1) is 12.0. The van der Waals surface area contributed by atoms with Crippen LogP contribution in [-0.4, -0.2) is 74.5 Å². The van der Waals surface area contributed by atoms with Crippen LogP contribution in [0.15, 0.2) is 0 Å². The van der Waals surface area contributed by atoms with E-state index in [1.165, 1.54) is 4.31 Å². The SMILES string of the molecule is CCCS(=O)(=O)N1CCCCC1C(=O)N1CCCC(C2OCCO2)C1. The van der Waals surface area contributed by atoms with Gasteiger partial charge in [0.25, 0.3) is 0 Å². The van der Waals surface area contributed by atoms with Gasteiger partial charge in [0.1, 0.15) is 6.04 Å². The van der Waals surface area contributed by atoms with Crippen LogP contribution in [0, 0.1) is 5.92 Å². The lowest BCUT2D eigenvalue weighted by atomic mass is 9.95. The Morgan fingerprint density at radius 1 is 1.08 bits per heavy atom. The Balaban J connectivity index is 1.69. The number of hydrogen-bond acceptors (Lipinski definition) is 5. The number of nitrogens with zero attached hydrogens (tertiary/aromatic N) is 2. The highest BCUT2D eigenvalue weighted by atomic mass is 32.2. The topological polar surface area (TPSA) is 76.2 Å². The van der Waals surface area contributed by atoms with E-state index in [0.29, 0.717) is 45.7 Å². The van der Waals surface area contributed by atoms with Crippen LogP contribution in [-0.2, 0) is 24.3 Å². The molecule has 0 aliphatic carbocycles. The van der Waals surface area contributed by atoms with Crippen LogP contribution in [0.3, 0.4) is 0 Å². The molecule has 3 aliphatic heterocycles. The molecule has 2 unspecified atom stereocenters. The number of ether oxygens (including phenoxy) is 2. The van der Waals surface area contributed by atoms with E-state index in [1.807, 2.05) is 11.8 Å². The molecule has 2 atom stereocenters. The summed E-state index contributed by atoms with van der Waals surface area (Å²) < 4.78 is 37.8. The zero-order valence-corrected chi connectivity index (χ0v) is 15.9. The first-order valence-electron chi connectivity index (χ1n) is 9.54. The maximum atomic E-state index is 13.1. The lowest BCUT2D eigenvalue weighted by Gasteiger charge is -2.40. The van der Waals surface area contributed by atoms with Crippen molar-refractivity contribution in [3.8, 4) is 0 Å². The van der Waals surface area contributed by atoms with Gasteiger partial charge in [-0.05, 0) is 32.1 Å². The summed E-state index contributed by atoms with van der Waals surface area (Å²) in [5, 5.41) is 0. The largest absolute Gasteiger partial charge is 0.350 e. The van der Waals surface area contributed by atoms with E-state index in [-0.39, 0.29) is 23.9 Å². The van der Waals surface area contributed by atoms with Crippen LogP contribution in [0.25, 0.3) is 0 Å². The van der Waals surface area contributed by atoms with E-state index in [9.17, 15) is 13.2 Å². The van der Waals surface area contributed by atoms with Crippen LogP contribution >= 0.6 is 0 Å². The van der Waals surface area contributed by atoms with Crippen molar-refractivity contribution in [3.05, 3.63) is 0 Å². The second-order valence-electron chi connectivity index (χ2n) is 7.23. The molecule has 3 rings (SSSR count). The summed E-state index contributed by atoms with van der Waals surface area (Å²) in [4.78, 5) is 15.0. The van der Waals surface area contributed by atoms with Gasteiger partial charge in [0.05, 0.1) is 19.0 Å². The van der Waals surface area contributed by atoms with E-state index >= 15 is 0 Å². The average molecular weight is 375 g/mol. The maximum absolute atomic E-state index is 13.1. The normalized spacial score (nSPS) is 29.9. The highest BCUT2D eigenvalue weighted by Gasteiger charge is 2.40. The first kappa shape index (κ1) is 19.1. The van der Waals surface area contributed by atoms with Gasteiger partial charge in [-0.15, -0.1) is 0 Å². The average Bonchev–Trinajstić information content (AvgIpc) is 3.16. The lowest BCUT2D eigenvalue weighted by Crippen LogP contribution is -2.55. The Morgan fingerprint density at radius 3 is 2.56 bits per heavy atom. The van der Waals surface area contributed by atoms with E-state index in [0.717, 1.165) is 25.7 Å². The third-order valence-corrected chi connectivity index (χ3v) is 7.44. The Labute approximate surface area is 150 Å². The monoisotopic (exact) mass is 374 g/mol. The minimum absolute atomic E-state index is 0.0397. The highest BCUT2D eigenvalue weighted by molar-refractivity contribution is 7.89. The summed E-state index contributed by atoms with van der Waals surface area (Å²) >= 11 is 0. The number of hydrogen-bond donors (Lipinski definition) is 0. The van der Waals surface area contributed by atoms with Gasteiger partial charge >= 0.3 is 0 Å². The number of rotatable bonds is 5. The summed E-state index contributed by atoms with van der Waals surface area (Å²) in [5.41, 5.74) is 0. The van der Waals surface area contributed by atoms with Crippen molar-refractivity contribution in [3.63, 3.8) is 0 Å². The van der Waals surface area contributed by atoms with Crippen LogP contribution in [0.2, 0.25) is 0 Å². The molecule has 0 aromatic heterocycles. The maximum Gasteiger partial charge on any atom is 0.241 e. The molecule has 3 heterocycles. The molecule has 0 aromatic carbocycles. The van der Waals surface area contributed by atoms with Gasteiger partial charge in [0, 0.05) is 25.6 Å². The van der Waals surface area contributed by atoms with Crippen molar-refractivity contribution < 1.29 is 22.7 Å². The fourth-order valence-corrected chi connectivity index (χ4v) is 5.89. The van der Waals surface area contributed by atoms with Crippen LogP contribution in [0.1, 0.15) is 45.4 Å². The molecule has 25 heavy (non-hydrogen) atoms. The van der Waals surface area contributed by atoms with Crippen LogP contribution in [0.4, 0.5) is 0 Å². The van der Waals surface area contributed by atoms with Gasteiger partial charge in [-0.1, -0.05) is 13.3 Å². The van der Waals surface area contributed by atoms with Crippen molar-refractivity contribution in [2.75, 3.05) is 38.6 Å². The zero-order chi connectivity index (χ0) is 17.9.